The first-order chi connectivity index (χ1) is 6.14. The van der Waals surface area contributed by atoms with Gasteiger partial charge in [0.25, 0.3) is 0 Å². The van der Waals surface area contributed by atoms with Crippen molar-refractivity contribution in [1.29, 1.82) is 0 Å². The lowest BCUT2D eigenvalue weighted by molar-refractivity contribution is -0.144. The number of hydrogen-bond acceptors (Lipinski definition) is 2. The zero-order chi connectivity index (χ0) is 9.47. The summed E-state index contributed by atoms with van der Waals surface area (Å²) in [5.41, 5.74) is 0.0331. The maximum absolute atomic E-state index is 11.4. The second kappa shape index (κ2) is 3.89. The molecule has 0 aliphatic carbocycles. The van der Waals surface area contributed by atoms with Gasteiger partial charge in [-0.05, 0) is 39.8 Å². The zero-order valence-electron chi connectivity index (χ0n) is 8.47. The summed E-state index contributed by atoms with van der Waals surface area (Å²) in [5, 5.41) is 2.86. The molecule has 0 unspecified atom stereocenters. The third kappa shape index (κ3) is 1.65. The van der Waals surface area contributed by atoms with Crippen molar-refractivity contribution >= 4 is 5.91 Å². The molecule has 14 heavy (non-hydrogen) atoms. The minimum absolute atomic E-state index is 0. The van der Waals surface area contributed by atoms with Crippen LogP contribution in [0.4, 0.5) is 0 Å². The highest BCUT2D eigenvalue weighted by Crippen LogP contribution is 2.36. The lowest BCUT2D eigenvalue weighted by Crippen LogP contribution is -2.63. The Morgan fingerprint density at radius 1 is 1.36 bits per heavy atom. The van der Waals surface area contributed by atoms with Gasteiger partial charge in [-0.15, -0.1) is 0 Å². The molecule has 3 nitrogen and oxygen atoms in total. The highest BCUT2D eigenvalue weighted by molar-refractivity contribution is 5.88. The second-order valence-corrected chi connectivity index (χ2v) is 4.59. The molecule has 2 heterocycles. The van der Waals surface area contributed by atoms with Crippen molar-refractivity contribution in [2.75, 3.05) is 19.6 Å². The molecule has 1 spiro atoms. The first-order valence-corrected chi connectivity index (χ1v) is 5.16. The van der Waals surface area contributed by atoms with Crippen LogP contribution in [0.3, 0.4) is 0 Å². The van der Waals surface area contributed by atoms with E-state index in [9.17, 15) is 4.79 Å². The van der Waals surface area contributed by atoms with E-state index in [-0.39, 0.29) is 18.7 Å². The molecule has 0 aromatic rings. The number of hydrogen-bond donors (Lipinski definition) is 1. The molecule has 2 fully saturated rings. The number of piperidine rings is 1. The van der Waals surface area contributed by atoms with Crippen molar-refractivity contribution in [3.63, 3.8) is 0 Å². The van der Waals surface area contributed by atoms with E-state index in [1.54, 1.807) is 0 Å². The van der Waals surface area contributed by atoms with E-state index >= 15 is 0 Å². The number of carbonyl (C=O) groups excluding carboxylic acids is 1. The van der Waals surface area contributed by atoms with E-state index in [4.69, 9.17) is 0 Å². The van der Waals surface area contributed by atoms with Crippen molar-refractivity contribution in [2.45, 2.75) is 40.2 Å². The molecule has 0 bridgehead atoms. The molecular formula is C11H22N2O. The summed E-state index contributed by atoms with van der Waals surface area (Å²) in [6.45, 7) is 7.53. The van der Waals surface area contributed by atoms with E-state index in [1.165, 1.54) is 0 Å². The maximum atomic E-state index is 11.4. The molecule has 2 saturated heterocycles. The molecule has 0 aromatic carbocycles. The summed E-state index contributed by atoms with van der Waals surface area (Å²) < 4.78 is 0. The second-order valence-electron chi connectivity index (χ2n) is 4.59. The van der Waals surface area contributed by atoms with E-state index < -0.39 is 0 Å². The van der Waals surface area contributed by atoms with E-state index in [0.29, 0.717) is 6.04 Å². The molecule has 2 aliphatic rings. The average Bonchev–Trinajstić information content (AvgIpc) is 2.15. The fourth-order valence-corrected chi connectivity index (χ4v) is 2.28. The molecule has 1 N–H and O–H groups in total. The summed E-state index contributed by atoms with van der Waals surface area (Å²) in [6.07, 6.45) is 2.11. The number of nitrogens with one attached hydrogen (secondary N) is 1. The van der Waals surface area contributed by atoms with Gasteiger partial charge in [-0.2, -0.15) is 0 Å². The van der Waals surface area contributed by atoms with Crippen LogP contribution in [0.1, 0.15) is 34.1 Å². The van der Waals surface area contributed by atoms with Gasteiger partial charge in [-0.3, -0.25) is 4.79 Å². The van der Waals surface area contributed by atoms with E-state index in [1.807, 2.05) is 0 Å². The van der Waals surface area contributed by atoms with Crippen LogP contribution in [0.15, 0.2) is 0 Å². The van der Waals surface area contributed by atoms with Crippen LogP contribution in [0.2, 0.25) is 0 Å². The third-order valence-corrected chi connectivity index (χ3v) is 3.55. The van der Waals surface area contributed by atoms with Crippen LogP contribution in [0, 0.1) is 5.41 Å². The number of rotatable bonds is 1. The van der Waals surface area contributed by atoms with Gasteiger partial charge in [0.15, 0.2) is 0 Å². The van der Waals surface area contributed by atoms with Crippen molar-refractivity contribution in [2.24, 2.45) is 5.41 Å². The molecule has 1 amide bonds. The Labute approximate surface area is 86.9 Å². The molecule has 0 radical (unpaired) electrons. The summed E-state index contributed by atoms with van der Waals surface area (Å²) in [6, 6.07) is 0.625. The van der Waals surface area contributed by atoms with Crippen molar-refractivity contribution in [3.05, 3.63) is 0 Å². The smallest absolute Gasteiger partial charge is 0.228 e. The number of carbonyl (C=O) groups is 1. The average molecular weight is 198 g/mol. The van der Waals surface area contributed by atoms with Gasteiger partial charge in [-0.25, -0.2) is 0 Å². The fourth-order valence-electron chi connectivity index (χ4n) is 2.28. The summed E-state index contributed by atoms with van der Waals surface area (Å²) in [4.78, 5) is 13.8. The van der Waals surface area contributed by atoms with Gasteiger partial charge in [0.05, 0.1) is 5.41 Å². The topological polar surface area (TPSA) is 32.3 Å². The van der Waals surface area contributed by atoms with Gasteiger partial charge < -0.3 is 10.2 Å². The largest absolute Gasteiger partial charge is 0.354 e. The van der Waals surface area contributed by atoms with Crippen LogP contribution in [-0.4, -0.2) is 36.5 Å². The van der Waals surface area contributed by atoms with Gasteiger partial charge in [0, 0.05) is 12.6 Å². The SMILES string of the molecule is C.CC(C)N1CCC2(CC1)CNC2=O. The van der Waals surface area contributed by atoms with Crippen molar-refractivity contribution in [3.8, 4) is 0 Å². The molecular weight excluding hydrogens is 176 g/mol. The van der Waals surface area contributed by atoms with Crippen LogP contribution in [0.25, 0.3) is 0 Å². The Hall–Kier alpha value is -0.570. The Morgan fingerprint density at radius 2 is 1.93 bits per heavy atom. The molecule has 3 heteroatoms. The number of β-lactam (4-membered cyclic amide) rings is 1. The minimum atomic E-state index is 0. The monoisotopic (exact) mass is 198 g/mol. The molecule has 0 saturated carbocycles. The van der Waals surface area contributed by atoms with Crippen LogP contribution >= 0.6 is 0 Å². The van der Waals surface area contributed by atoms with Gasteiger partial charge in [-0.1, -0.05) is 7.43 Å². The first kappa shape index (κ1) is 11.5. The number of amides is 1. The van der Waals surface area contributed by atoms with Crippen LogP contribution < -0.4 is 5.32 Å². The Bertz CT molecular complexity index is 217. The lowest BCUT2D eigenvalue weighted by atomic mass is 9.72. The van der Waals surface area contributed by atoms with Gasteiger partial charge >= 0.3 is 0 Å². The standard InChI is InChI=1S/C10H18N2O.CH4/c1-8(2)12-5-3-10(4-6-12)7-11-9(10)13;/h8H,3-7H2,1-2H3,(H,11,13);1H4. The van der Waals surface area contributed by atoms with Crippen molar-refractivity contribution < 1.29 is 4.79 Å². The molecule has 0 atom stereocenters. The van der Waals surface area contributed by atoms with E-state index in [0.717, 1.165) is 32.5 Å². The van der Waals surface area contributed by atoms with E-state index in [2.05, 4.69) is 24.1 Å². The quantitative estimate of drug-likeness (QED) is 0.643. The summed E-state index contributed by atoms with van der Waals surface area (Å²) >= 11 is 0. The molecule has 0 aromatic heterocycles. The third-order valence-electron chi connectivity index (χ3n) is 3.55. The molecule has 2 rings (SSSR count). The lowest BCUT2D eigenvalue weighted by Gasteiger charge is -2.47. The number of nitrogens with zero attached hydrogens (tertiary/aromatic N) is 1. The first-order valence-electron chi connectivity index (χ1n) is 5.16. The van der Waals surface area contributed by atoms with Gasteiger partial charge in [0.2, 0.25) is 5.91 Å². The highest BCUT2D eigenvalue weighted by Gasteiger charge is 2.47. The highest BCUT2D eigenvalue weighted by atomic mass is 16.2. The summed E-state index contributed by atoms with van der Waals surface area (Å²) in [5.74, 6) is 0.288. The zero-order valence-corrected chi connectivity index (χ0v) is 8.47. The fraction of sp³-hybridized carbons (Fsp3) is 0.909. The Balaban J connectivity index is 0.000000980. The molecule has 82 valence electrons. The summed E-state index contributed by atoms with van der Waals surface area (Å²) in [7, 11) is 0. The Morgan fingerprint density at radius 3 is 2.21 bits per heavy atom. The van der Waals surface area contributed by atoms with Gasteiger partial charge in [0.1, 0.15) is 0 Å². The number of likely N-dealkylation sites (tertiary alicyclic amines) is 1. The predicted molar refractivity (Wildman–Crippen MR) is 58.1 cm³/mol. The Kier molecular flexibility index (Phi) is 3.20. The van der Waals surface area contributed by atoms with Crippen LogP contribution in [-0.2, 0) is 4.79 Å². The molecule has 2 aliphatic heterocycles. The predicted octanol–water partition coefficient (Wildman–Crippen LogP) is 1.24. The van der Waals surface area contributed by atoms with Crippen molar-refractivity contribution in [1.82, 2.24) is 10.2 Å². The maximum Gasteiger partial charge on any atom is 0.228 e. The van der Waals surface area contributed by atoms with Crippen LogP contribution in [0.5, 0.6) is 0 Å². The minimum Gasteiger partial charge on any atom is -0.354 e. The normalized spacial score (nSPS) is 25.5.